The van der Waals surface area contributed by atoms with Crippen molar-refractivity contribution in [2.45, 2.75) is 37.7 Å². The molecule has 0 spiro atoms. The van der Waals surface area contributed by atoms with E-state index in [1.807, 2.05) is 13.8 Å². The van der Waals surface area contributed by atoms with Crippen LogP contribution in [0, 0.1) is 5.92 Å². The summed E-state index contributed by atoms with van der Waals surface area (Å²) >= 11 is 4.45. The zero-order valence-corrected chi connectivity index (χ0v) is 9.23. The quantitative estimate of drug-likeness (QED) is 0.662. The van der Waals surface area contributed by atoms with Crippen LogP contribution in [-0.4, -0.2) is 24.0 Å². The number of rotatable bonds is 2. The van der Waals surface area contributed by atoms with Crippen molar-refractivity contribution in [3.8, 4) is 0 Å². The molecule has 13 heavy (non-hydrogen) atoms. The molecule has 1 rings (SSSR count). The van der Waals surface area contributed by atoms with E-state index in [0.717, 1.165) is 12.8 Å². The fourth-order valence-corrected chi connectivity index (χ4v) is 2.04. The number of thiol groups is 1. The van der Waals surface area contributed by atoms with Crippen LogP contribution in [0.4, 0.5) is 0 Å². The van der Waals surface area contributed by atoms with Crippen LogP contribution in [0.2, 0.25) is 0 Å². The number of ether oxygens (including phenoxy) is 1. The summed E-state index contributed by atoms with van der Waals surface area (Å²) in [4.78, 5) is 10.8. The zero-order valence-electron chi connectivity index (χ0n) is 8.33. The number of hydrogen-bond donors (Lipinski definition) is 2. The molecule has 1 aliphatic heterocycles. The molecule has 1 aliphatic rings. The predicted molar refractivity (Wildman–Crippen MR) is 54.7 cm³/mol. The Morgan fingerprint density at radius 3 is 2.77 bits per heavy atom. The van der Waals surface area contributed by atoms with Crippen molar-refractivity contribution in [1.82, 2.24) is 5.32 Å². The Kier molecular flexibility index (Phi) is 3.24. The summed E-state index contributed by atoms with van der Waals surface area (Å²) in [6, 6.07) is 0. The summed E-state index contributed by atoms with van der Waals surface area (Å²) in [5.41, 5.74) is 0. The molecular weight excluding hydrogens is 186 g/mol. The Labute approximate surface area is 84.6 Å². The maximum atomic E-state index is 11.4. The van der Waals surface area contributed by atoms with Gasteiger partial charge in [0.2, 0.25) is 5.91 Å². The van der Waals surface area contributed by atoms with Crippen molar-refractivity contribution in [3.05, 3.63) is 0 Å². The second kappa shape index (κ2) is 3.88. The van der Waals surface area contributed by atoms with E-state index in [1.165, 1.54) is 0 Å². The molecule has 3 nitrogen and oxygen atoms in total. The Bertz CT molecular complexity index is 210. The van der Waals surface area contributed by atoms with Gasteiger partial charge in [0.25, 0.3) is 0 Å². The Morgan fingerprint density at radius 1 is 1.77 bits per heavy atom. The van der Waals surface area contributed by atoms with E-state index in [9.17, 15) is 4.79 Å². The molecule has 1 fully saturated rings. The van der Waals surface area contributed by atoms with Crippen molar-refractivity contribution in [1.29, 1.82) is 0 Å². The van der Waals surface area contributed by atoms with Gasteiger partial charge in [0, 0.05) is 7.05 Å². The maximum absolute atomic E-state index is 11.4. The van der Waals surface area contributed by atoms with Gasteiger partial charge in [0.05, 0.1) is 12.0 Å². The fraction of sp³-hybridized carbons (Fsp3) is 0.889. The standard InChI is InChI=1S/C9H17NO2S/c1-6-4-5-9(13,12-6)7(2)8(11)10-3/h6-7,13H,4-5H2,1-3H3,(H,10,11)/t6-,7?,9?/m0/s1. The minimum Gasteiger partial charge on any atom is -0.361 e. The van der Waals surface area contributed by atoms with Gasteiger partial charge in [0.15, 0.2) is 0 Å². The van der Waals surface area contributed by atoms with Gasteiger partial charge in [-0.05, 0) is 26.7 Å². The van der Waals surface area contributed by atoms with Crippen LogP contribution in [0.1, 0.15) is 26.7 Å². The summed E-state index contributed by atoms with van der Waals surface area (Å²) in [7, 11) is 1.63. The molecule has 4 heteroatoms. The van der Waals surface area contributed by atoms with E-state index in [4.69, 9.17) is 4.74 Å². The van der Waals surface area contributed by atoms with Gasteiger partial charge in [-0.1, -0.05) is 0 Å². The van der Waals surface area contributed by atoms with E-state index >= 15 is 0 Å². The predicted octanol–water partition coefficient (Wildman–Crippen LogP) is 1.19. The first-order valence-corrected chi connectivity index (χ1v) is 5.06. The fourth-order valence-electron chi connectivity index (χ4n) is 1.62. The van der Waals surface area contributed by atoms with E-state index in [-0.39, 0.29) is 17.9 Å². The minimum absolute atomic E-state index is 0.0101. The highest BCUT2D eigenvalue weighted by Gasteiger charge is 2.42. The molecule has 0 aromatic rings. The minimum atomic E-state index is -0.570. The average Bonchev–Trinajstić information content (AvgIpc) is 2.45. The monoisotopic (exact) mass is 203 g/mol. The van der Waals surface area contributed by atoms with E-state index in [2.05, 4.69) is 17.9 Å². The Hall–Kier alpha value is -0.220. The number of nitrogens with one attached hydrogen (secondary N) is 1. The van der Waals surface area contributed by atoms with Crippen LogP contribution in [0.15, 0.2) is 0 Å². The lowest BCUT2D eigenvalue weighted by Gasteiger charge is -2.28. The maximum Gasteiger partial charge on any atom is 0.226 e. The van der Waals surface area contributed by atoms with Crippen molar-refractivity contribution in [2.75, 3.05) is 7.05 Å². The highest BCUT2D eigenvalue weighted by Crippen LogP contribution is 2.39. The molecule has 1 amide bonds. The number of amides is 1. The molecule has 0 bridgehead atoms. The molecule has 0 aromatic heterocycles. The summed E-state index contributed by atoms with van der Waals surface area (Å²) in [5.74, 6) is -0.213. The van der Waals surface area contributed by atoms with E-state index in [1.54, 1.807) is 7.05 Å². The van der Waals surface area contributed by atoms with Crippen molar-refractivity contribution >= 4 is 18.5 Å². The highest BCUT2D eigenvalue weighted by molar-refractivity contribution is 7.81. The molecular formula is C9H17NO2S. The van der Waals surface area contributed by atoms with E-state index < -0.39 is 4.93 Å². The molecule has 1 N–H and O–H groups in total. The first kappa shape index (κ1) is 10.9. The molecule has 0 aromatic carbocycles. The first-order chi connectivity index (χ1) is 5.99. The summed E-state index contributed by atoms with van der Waals surface area (Å²) in [5, 5.41) is 2.61. The van der Waals surface area contributed by atoms with E-state index in [0.29, 0.717) is 0 Å². The van der Waals surface area contributed by atoms with Gasteiger partial charge >= 0.3 is 0 Å². The second-order valence-corrected chi connectivity index (χ2v) is 4.40. The lowest BCUT2D eigenvalue weighted by atomic mass is 10.00. The van der Waals surface area contributed by atoms with Gasteiger partial charge < -0.3 is 10.1 Å². The van der Waals surface area contributed by atoms with Crippen LogP contribution in [-0.2, 0) is 9.53 Å². The molecule has 3 atom stereocenters. The molecule has 0 radical (unpaired) electrons. The molecule has 1 saturated heterocycles. The van der Waals surface area contributed by atoms with Crippen LogP contribution in [0.25, 0.3) is 0 Å². The average molecular weight is 203 g/mol. The second-order valence-electron chi connectivity index (χ2n) is 3.65. The van der Waals surface area contributed by atoms with Crippen LogP contribution in [0.5, 0.6) is 0 Å². The normalized spacial score (nSPS) is 35.8. The van der Waals surface area contributed by atoms with Crippen LogP contribution < -0.4 is 5.32 Å². The molecule has 2 unspecified atom stereocenters. The van der Waals surface area contributed by atoms with Crippen molar-refractivity contribution < 1.29 is 9.53 Å². The number of carbonyl (C=O) groups is 1. The topological polar surface area (TPSA) is 38.3 Å². The van der Waals surface area contributed by atoms with Gasteiger partial charge in [-0.3, -0.25) is 4.79 Å². The number of hydrogen-bond acceptors (Lipinski definition) is 3. The van der Waals surface area contributed by atoms with Gasteiger partial charge in [-0.2, -0.15) is 0 Å². The summed E-state index contributed by atoms with van der Waals surface area (Å²) in [6.07, 6.45) is 2.03. The van der Waals surface area contributed by atoms with Crippen LogP contribution >= 0.6 is 12.6 Å². The van der Waals surface area contributed by atoms with Gasteiger partial charge in [-0.25, -0.2) is 0 Å². The molecule has 1 heterocycles. The SMILES string of the molecule is CNC(=O)C(C)C1(S)CC[C@H](C)O1. The third kappa shape index (κ3) is 2.17. The third-order valence-electron chi connectivity index (χ3n) is 2.63. The molecule has 0 saturated carbocycles. The smallest absolute Gasteiger partial charge is 0.226 e. The first-order valence-electron chi connectivity index (χ1n) is 4.61. The molecule has 76 valence electrons. The molecule has 0 aliphatic carbocycles. The Morgan fingerprint density at radius 2 is 2.38 bits per heavy atom. The van der Waals surface area contributed by atoms with Crippen molar-refractivity contribution in [2.24, 2.45) is 5.92 Å². The Balaban J connectivity index is 2.64. The zero-order chi connectivity index (χ0) is 10.1. The third-order valence-corrected chi connectivity index (χ3v) is 3.35. The largest absolute Gasteiger partial charge is 0.361 e. The van der Waals surface area contributed by atoms with Gasteiger partial charge in [0.1, 0.15) is 4.93 Å². The summed E-state index contributed by atoms with van der Waals surface area (Å²) in [6.45, 7) is 3.86. The highest BCUT2D eigenvalue weighted by atomic mass is 32.1. The van der Waals surface area contributed by atoms with Crippen LogP contribution in [0.3, 0.4) is 0 Å². The van der Waals surface area contributed by atoms with Crippen molar-refractivity contribution in [3.63, 3.8) is 0 Å². The summed E-state index contributed by atoms with van der Waals surface area (Å²) < 4.78 is 5.64. The number of carbonyl (C=O) groups excluding carboxylic acids is 1. The van der Waals surface area contributed by atoms with Gasteiger partial charge in [-0.15, -0.1) is 12.6 Å². The lowest BCUT2D eigenvalue weighted by Crippen LogP contribution is -2.40. The lowest BCUT2D eigenvalue weighted by molar-refractivity contribution is -0.130.